The lowest BCUT2D eigenvalue weighted by atomic mass is 9.93. The number of anilines is 1. The molecule has 1 fully saturated rings. The van der Waals surface area contributed by atoms with Gasteiger partial charge in [-0.05, 0) is 47.7 Å². The fraction of sp³-hybridized carbons (Fsp3) is 0.350. The summed E-state index contributed by atoms with van der Waals surface area (Å²) in [6.07, 6.45) is -0.0299. The van der Waals surface area contributed by atoms with Gasteiger partial charge in [-0.3, -0.25) is 0 Å². The zero-order valence-corrected chi connectivity index (χ0v) is 17.2. The van der Waals surface area contributed by atoms with Crippen LogP contribution in [0, 0.1) is 11.3 Å². The molecular weight excluding hydrogens is 463 g/mol. The smallest absolute Gasteiger partial charge is 0.393 e. The number of nitriles is 1. The molecule has 4 rings (SSSR count). The second kappa shape index (κ2) is 7.89. The third-order valence-electron chi connectivity index (χ3n) is 5.24. The third kappa shape index (κ3) is 3.87. The van der Waals surface area contributed by atoms with Gasteiger partial charge in [-0.1, -0.05) is 6.07 Å². The van der Waals surface area contributed by atoms with Crippen molar-refractivity contribution in [2.45, 2.75) is 44.0 Å². The summed E-state index contributed by atoms with van der Waals surface area (Å²) >= 11 is 3.33. The van der Waals surface area contributed by atoms with Gasteiger partial charge in [0.1, 0.15) is 11.6 Å². The molecular formula is C20H17BrF3N5O. The van der Waals surface area contributed by atoms with Gasteiger partial charge in [-0.15, -0.1) is 0 Å². The van der Waals surface area contributed by atoms with E-state index in [4.69, 9.17) is 0 Å². The van der Waals surface area contributed by atoms with Crippen LogP contribution in [0.15, 0.2) is 29.0 Å². The molecule has 2 atom stereocenters. The van der Waals surface area contributed by atoms with Gasteiger partial charge in [0.2, 0.25) is 5.95 Å². The molecule has 1 aliphatic rings. The van der Waals surface area contributed by atoms with Gasteiger partial charge in [0.05, 0.1) is 27.4 Å². The number of alkyl halides is 3. The van der Waals surface area contributed by atoms with E-state index in [1.165, 1.54) is 6.20 Å². The van der Waals surface area contributed by atoms with Gasteiger partial charge < -0.3 is 15.4 Å². The van der Waals surface area contributed by atoms with Crippen molar-refractivity contribution in [3.05, 3.63) is 40.1 Å². The second-order valence-electron chi connectivity index (χ2n) is 7.28. The van der Waals surface area contributed by atoms with Crippen molar-refractivity contribution in [2.24, 2.45) is 0 Å². The van der Waals surface area contributed by atoms with Crippen molar-refractivity contribution in [1.29, 1.82) is 5.26 Å². The van der Waals surface area contributed by atoms with Gasteiger partial charge in [0.15, 0.2) is 0 Å². The first-order valence-corrected chi connectivity index (χ1v) is 10.2. The molecule has 0 saturated heterocycles. The SMILES string of the molecule is N#Cc1ccc2c(-c3nc(N[C@H]4CCC[C@@H](O)C4)ncc3C(F)(F)F)c[nH]c2c1Br. The highest BCUT2D eigenvalue weighted by Gasteiger charge is 2.36. The molecule has 1 aliphatic carbocycles. The van der Waals surface area contributed by atoms with Crippen LogP contribution in [-0.2, 0) is 6.18 Å². The monoisotopic (exact) mass is 479 g/mol. The average molecular weight is 480 g/mol. The quantitative estimate of drug-likeness (QED) is 0.491. The summed E-state index contributed by atoms with van der Waals surface area (Å²) in [5, 5.41) is 22.6. The third-order valence-corrected chi connectivity index (χ3v) is 6.07. The van der Waals surface area contributed by atoms with Crippen LogP contribution in [-0.4, -0.2) is 32.2 Å². The summed E-state index contributed by atoms with van der Waals surface area (Å²) in [6.45, 7) is 0. The Hall–Kier alpha value is -2.64. The van der Waals surface area contributed by atoms with E-state index in [9.17, 15) is 23.5 Å². The number of aromatic amines is 1. The molecule has 156 valence electrons. The predicted molar refractivity (Wildman–Crippen MR) is 109 cm³/mol. The van der Waals surface area contributed by atoms with Crippen LogP contribution in [0.3, 0.4) is 0 Å². The first kappa shape index (κ1) is 20.6. The molecule has 0 spiro atoms. The molecule has 30 heavy (non-hydrogen) atoms. The number of rotatable bonds is 3. The highest BCUT2D eigenvalue weighted by molar-refractivity contribution is 9.10. The molecule has 0 aliphatic heterocycles. The number of hydrogen-bond donors (Lipinski definition) is 3. The molecule has 0 bridgehead atoms. The van der Waals surface area contributed by atoms with E-state index in [2.05, 4.69) is 36.2 Å². The second-order valence-corrected chi connectivity index (χ2v) is 8.07. The molecule has 0 amide bonds. The predicted octanol–water partition coefficient (Wildman–Crippen LogP) is 4.99. The topological polar surface area (TPSA) is 97.6 Å². The Kier molecular flexibility index (Phi) is 5.42. The molecule has 1 aromatic carbocycles. The summed E-state index contributed by atoms with van der Waals surface area (Å²) in [5.74, 6) is 0.0826. The van der Waals surface area contributed by atoms with E-state index in [-0.39, 0.29) is 23.2 Å². The molecule has 0 unspecified atom stereocenters. The lowest BCUT2D eigenvalue weighted by Gasteiger charge is -2.26. The van der Waals surface area contributed by atoms with E-state index in [0.29, 0.717) is 33.8 Å². The number of aliphatic hydroxyl groups is 1. The first-order chi connectivity index (χ1) is 14.3. The summed E-state index contributed by atoms with van der Waals surface area (Å²) in [6, 6.07) is 5.06. The molecule has 3 aromatic rings. The zero-order valence-electron chi connectivity index (χ0n) is 15.6. The van der Waals surface area contributed by atoms with Gasteiger partial charge in [0, 0.05) is 29.4 Å². The number of aliphatic hydroxyl groups excluding tert-OH is 1. The Labute approximate surface area is 178 Å². The van der Waals surface area contributed by atoms with Gasteiger partial charge >= 0.3 is 6.18 Å². The first-order valence-electron chi connectivity index (χ1n) is 9.37. The fourth-order valence-electron chi connectivity index (χ4n) is 3.79. The highest BCUT2D eigenvalue weighted by Crippen LogP contribution is 2.40. The van der Waals surface area contributed by atoms with Crippen molar-refractivity contribution in [1.82, 2.24) is 15.0 Å². The van der Waals surface area contributed by atoms with E-state index >= 15 is 0 Å². The number of H-pyrrole nitrogens is 1. The van der Waals surface area contributed by atoms with Crippen LogP contribution in [0.4, 0.5) is 19.1 Å². The maximum absolute atomic E-state index is 13.7. The largest absolute Gasteiger partial charge is 0.419 e. The molecule has 2 heterocycles. The summed E-state index contributed by atoms with van der Waals surface area (Å²) in [5.41, 5.74) is -0.0532. The Morgan fingerprint density at radius 3 is 2.80 bits per heavy atom. The molecule has 3 N–H and O–H groups in total. The summed E-state index contributed by atoms with van der Waals surface area (Å²) in [4.78, 5) is 11.0. The van der Waals surface area contributed by atoms with Crippen molar-refractivity contribution in [3.8, 4) is 17.3 Å². The van der Waals surface area contributed by atoms with E-state index in [0.717, 1.165) is 19.0 Å². The molecule has 10 heteroatoms. The Bertz CT molecular complexity index is 1140. The van der Waals surface area contributed by atoms with E-state index in [1.54, 1.807) is 12.1 Å². The number of nitrogens with zero attached hydrogens (tertiary/aromatic N) is 3. The molecule has 1 saturated carbocycles. The summed E-state index contributed by atoms with van der Waals surface area (Å²) < 4.78 is 41.5. The number of benzene rings is 1. The Morgan fingerprint density at radius 1 is 1.30 bits per heavy atom. The lowest BCUT2D eigenvalue weighted by molar-refractivity contribution is -0.137. The van der Waals surface area contributed by atoms with Crippen molar-refractivity contribution >= 4 is 32.8 Å². The van der Waals surface area contributed by atoms with Crippen LogP contribution in [0.2, 0.25) is 0 Å². The van der Waals surface area contributed by atoms with Crippen LogP contribution >= 0.6 is 15.9 Å². The van der Waals surface area contributed by atoms with Gasteiger partial charge in [-0.25, -0.2) is 9.97 Å². The van der Waals surface area contributed by atoms with Crippen LogP contribution < -0.4 is 5.32 Å². The van der Waals surface area contributed by atoms with Crippen LogP contribution in [0.5, 0.6) is 0 Å². The molecule has 6 nitrogen and oxygen atoms in total. The molecule has 0 radical (unpaired) electrons. The fourth-order valence-corrected chi connectivity index (χ4v) is 4.34. The van der Waals surface area contributed by atoms with E-state index < -0.39 is 17.8 Å². The minimum absolute atomic E-state index is 0.0826. The summed E-state index contributed by atoms with van der Waals surface area (Å²) in [7, 11) is 0. The number of nitrogens with one attached hydrogen (secondary N) is 2. The van der Waals surface area contributed by atoms with Crippen LogP contribution in [0.1, 0.15) is 36.8 Å². The van der Waals surface area contributed by atoms with Crippen molar-refractivity contribution < 1.29 is 18.3 Å². The molecule has 2 aromatic heterocycles. The van der Waals surface area contributed by atoms with Crippen molar-refractivity contribution in [3.63, 3.8) is 0 Å². The number of hydrogen-bond acceptors (Lipinski definition) is 5. The van der Waals surface area contributed by atoms with E-state index in [1.807, 2.05) is 6.07 Å². The number of fused-ring (bicyclic) bond motifs is 1. The van der Waals surface area contributed by atoms with Crippen molar-refractivity contribution in [2.75, 3.05) is 5.32 Å². The minimum atomic E-state index is -4.64. The minimum Gasteiger partial charge on any atom is -0.393 e. The lowest BCUT2D eigenvalue weighted by Crippen LogP contribution is -2.30. The normalized spacial score (nSPS) is 19.6. The standard InChI is InChI=1S/C20H17BrF3N5O/c21-16-10(7-25)4-5-13-14(8-26-18(13)16)17-15(20(22,23)24)9-27-19(29-17)28-11-2-1-3-12(30)6-11/h4-5,8-9,11-12,26,30H,1-3,6H2,(H,27,28,29)/t11-,12+/m0/s1. The van der Waals surface area contributed by atoms with Gasteiger partial charge in [0.25, 0.3) is 0 Å². The Balaban J connectivity index is 1.80. The highest BCUT2D eigenvalue weighted by atomic mass is 79.9. The van der Waals surface area contributed by atoms with Crippen LogP contribution in [0.25, 0.3) is 22.2 Å². The average Bonchev–Trinajstić information content (AvgIpc) is 3.12. The van der Waals surface area contributed by atoms with Gasteiger partial charge in [-0.2, -0.15) is 18.4 Å². The number of halogens is 4. The maximum atomic E-state index is 13.7. The maximum Gasteiger partial charge on any atom is 0.419 e. The number of aromatic nitrogens is 3. The Morgan fingerprint density at radius 2 is 2.10 bits per heavy atom. The zero-order chi connectivity index (χ0) is 21.5.